The number of amides is 1. The molecule has 0 bridgehead atoms. The Bertz CT molecular complexity index is 1030. The number of carbonyl (C=O) groups is 1. The van der Waals surface area contributed by atoms with Crippen LogP contribution in [0.2, 0.25) is 0 Å². The molecule has 7 heteroatoms. The van der Waals surface area contributed by atoms with Crippen molar-refractivity contribution in [3.8, 4) is 0 Å². The number of fused-ring (bicyclic) bond motifs is 1. The van der Waals surface area contributed by atoms with Crippen molar-refractivity contribution in [2.24, 2.45) is 0 Å². The van der Waals surface area contributed by atoms with Crippen LogP contribution >= 0.6 is 0 Å². The number of pyridine rings is 1. The van der Waals surface area contributed by atoms with E-state index in [0.29, 0.717) is 24.8 Å². The lowest BCUT2D eigenvalue weighted by molar-refractivity contribution is 0.0586. The van der Waals surface area contributed by atoms with E-state index in [0.717, 1.165) is 49.5 Å². The lowest BCUT2D eigenvalue weighted by Gasteiger charge is -2.34. The number of nitrogens with zero attached hydrogens (tertiary/aromatic N) is 5. The van der Waals surface area contributed by atoms with Crippen molar-refractivity contribution in [3.05, 3.63) is 52.8 Å². The van der Waals surface area contributed by atoms with E-state index in [9.17, 15) is 4.79 Å². The first-order valence-corrected chi connectivity index (χ1v) is 10.9. The molecule has 0 atom stereocenters. The second-order valence-electron chi connectivity index (χ2n) is 8.27. The number of aryl methyl sites for hydroxylation is 2. The van der Waals surface area contributed by atoms with E-state index in [1.54, 1.807) is 0 Å². The molecule has 0 saturated carbocycles. The van der Waals surface area contributed by atoms with Gasteiger partial charge in [0.1, 0.15) is 5.65 Å². The summed E-state index contributed by atoms with van der Waals surface area (Å²) >= 11 is 0. The van der Waals surface area contributed by atoms with Crippen molar-refractivity contribution in [1.82, 2.24) is 24.3 Å². The first-order valence-electron chi connectivity index (χ1n) is 10.9. The minimum Gasteiger partial charge on any atom is -0.351 e. The van der Waals surface area contributed by atoms with Crippen LogP contribution in [-0.4, -0.2) is 56.4 Å². The molecule has 1 amide bonds. The molecule has 3 aromatic rings. The van der Waals surface area contributed by atoms with E-state index >= 15 is 0 Å². The number of hydrogen-bond acceptors (Lipinski definition) is 5. The third kappa shape index (κ3) is 3.99. The van der Waals surface area contributed by atoms with Crippen LogP contribution in [0.4, 0.5) is 0 Å². The number of piperazine rings is 1. The topological polar surface area (TPSA) is 66.9 Å². The summed E-state index contributed by atoms with van der Waals surface area (Å²) in [4.78, 5) is 21.8. The first kappa shape index (κ1) is 20.6. The Labute approximate surface area is 177 Å². The van der Waals surface area contributed by atoms with E-state index in [-0.39, 0.29) is 5.91 Å². The van der Waals surface area contributed by atoms with Gasteiger partial charge in [0.25, 0.3) is 5.91 Å². The van der Waals surface area contributed by atoms with Crippen LogP contribution in [0.3, 0.4) is 0 Å². The predicted octanol–water partition coefficient (Wildman–Crippen LogP) is 3.80. The van der Waals surface area contributed by atoms with Crippen molar-refractivity contribution in [2.75, 3.05) is 26.2 Å². The van der Waals surface area contributed by atoms with Crippen LogP contribution in [0, 0.1) is 13.8 Å². The molecule has 0 spiro atoms. The van der Waals surface area contributed by atoms with Gasteiger partial charge in [-0.2, -0.15) is 0 Å². The van der Waals surface area contributed by atoms with Crippen molar-refractivity contribution in [2.45, 2.75) is 53.0 Å². The molecule has 1 fully saturated rings. The minimum absolute atomic E-state index is 0.0548. The Hall–Kier alpha value is -2.67. The molecule has 3 aromatic heterocycles. The van der Waals surface area contributed by atoms with Gasteiger partial charge in [0.2, 0.25) is 5.76 Å². The van der Waals surface area contributed by atoms with Gasteiger partial charge in [-0.15, -0.1) is 0 Å². The zero-order chi connectivity index (χ0) is 21.3. The fourth-order valence-electron chi connectivity index (χ4n) is 4.27. The standard InChI is InChI=1S/C23H31N5O2/c1-5-18(6-2)19-14-21(30-25-19)23(29)27-11-9-26(10-12-27)15-20-17(4)24-22-13-16(3)7-8-28(20)22/h7-8,13-14,18H,5-6,9-12,15H2,1-4H3. The Morgan fingerprint density at radius 3 is 2.57 bits per heavy atom. The predicted molar refractivity (Wildman–Crippen MR) is 116 cm³/mol. The fourth-order valence-corrected chi connectivity index (χ4v) is 4.27. The molecule has 4 heterocycles. The Balaban J connectivity index is 1.38. The molecular weight excluding hydrogens is 378 g/mol. The molecule has 7 nitrogen and oxygen atoms in total. The third-order valence-electron chi connectivity index (χ3n) is 6.26. The van der Waals surface area contributed by atoms with Gasteiger partial charge >= 0.3 is 0 Å². The van der Waals surface area contributed by atoms with Gasteiger partial charge in [-0.25, -0.2) is 4.98 Å². The zero-order valence-electron chi connectivity index (χ0n) is 18.4. The van der Waals surface area contributed by atoms with Crippen LogP contribution in [0.5, 0.6) is 0 Å². The summed E-state index contributed by atoms with van der Waals surface area (Å²) < 4.78 is 7.56. The van der Waals surface area contributed by atoms with Crippen LogP contribution in [0.1, 0.15) is 65.8 Å². The molecule has 30 heavy (non-hydrogen) atoms. The summed E-state index contributed by atoms with van der Waals surface area (Å²) in [6.07, 6.45) is 4.09. The quantitative estimate of drug-likeness (QED) is 0.619. The van der Waals surface area contributed by atoms with Gasteiger partial charge < -0.3 is 13.8 Å². The highest BCUT2D eigenvalue weighted by molar-refractivity contribution is 5.91. The summed E-state index contributed by atoms with van der Waals surface area (Å²) in [5, 5.41) is 4.14. The smallest absolute Gasteiger partial charge is 0.292 e. The van der Waals surface area contributed by atoms with Crippen LogP contribution in [-0.2, 0) is 6.54 Å². The lowest BCUT2D eigenvalue weighted by atomic mass is 9.99. The number of carbonyl (C=O) groups excluding carboxylic acids is 1. The Kier molecular flexibility index (Phi) is 5.90. The molecule has 160 valence electrons. The summed E-state index contributed by atoms with van der Waals surface area (Å²) in [5.74, 6) is 0.656. The van der Waals surface area contributed by atoms with Gasteiger partial charge in [0.05, 0.1) is 17.1 Å². The lowest BCUT2D eigenvalue weighted by Crippen LogP contribution is -2.48. The van der Waals surface area contributed by atoms with Crippen molar-refractivity contribution < 1.29 is 9.32 Å². The molecule has 0 N–H and O–H groups in total. The van der Waals surface area contributed by atoms with E-state index < -0.39 is 0 Å². The first-order chi connectivity index (χ1) is 14.5. The molecule has 0 radical (unpaired) electrons. The van der Waals surface area contributed by atoms with Crippen LogP contribution in [0.15, 0.2) is 28.9 Å². The maximum absolute atomic E-state index is 12.9. The molecule has 4 rings (SSSR count). The SMILES string of the molecule is CCC(CC)c1cc(C(=O)N2CCN(Cc3c(C)nc4cc(C)ccn34)CC2)on1. The average molecular weight is 410 g/mol. The van der Waals surface area contributed by atoms with Crippen LogP contribution < -0.4 is 0 Å². The molecule has 1 saturated heterocycles. The van der Waals surface area contributed by atoms with E-state index in [4.69, 9.17) is 9.51 Å². The highest BCUT2D eigenvalue weighted by Crippen LogP contribution is 2.23. The largest absolute Gasteiger partial charge is 0.351 e. The number of imidazole rings is 1. The van der Waals surface area contributed by atoms with E-state index in [1.165, 1.54) is 11.3 Å². The summed E-state index contributed by atoms with van der Waals surface area (Å²) in [5.41, 5.74) is 5.38. The number of aromatic nitrogens is 3. The van der Waals surface area contributed by atoms with Crippen LogP contribution in [0.25, 0.3) is 5.65 Å². The molecular formula is C23H31N5O2. The monoisotopic (exact) mass is 409 g/mol. The Morgan fingerprint density at radius 1 is 1.13 bits per heavy atom. The number of hydrogen-bond donors (Lipinski definition) is 0. The third-order valence-corrected chi connectivity index (χ3v) is 6.26. The minimum atomic E-state index is -0.0548. The van der Waals surface area contributed by atoms with Gasteiger partial charge in [0, 0.05) is 50.9 Å². The maximum atomic E-state index is 12.9. The zero-order valence-corrected chi connectivity index (χ0v) is 18.4. The highest BCUT2D eigenvalue weighted by atomic mass is 16.5. The van der Waals surface area contributed by atoms with Gasteiger partial charge in [-0.3, -0.25) is 9.69 Å². The van der Waals surface area contributed by atoms with Gasteiger partial charge in [-0.05, 0) is 44.4 Å². The second-order valence-corrected chi connectivity index (χ2v) is 8.27. The Morgan fingerprint density at radius 2 is 1.87 bits per heavy atom. The maximum Gasteiger partial charge on any atom is 0.292 e. The van der Waals surface area contributed by atoms with Gasteiger partial charge in [-0.1, -0.05) is 19.0 Å². The van der Waals surface area contributed by atoms with Crippen molar-refractivity contribution in [3.63, 3.8) is 0 Å². The summed E-state index contributed by atoms with van der Waals surface area (Å²) in [6.45, 7) is 12.3. The average Bonchev–Trinajstić information content (AvgIpc) is 3.34. The highest BCUT2D eigenvalue weighted by Gasteiger charge is 2.26. The fraction of sp³-hybridized carbons (Fsp3) is 0.522. The molecule has 0 aliphatic carbocycles. The molecule has 1 aliphatic rings. The second kappa shape index (κ2) is 8.60. The molecule has 0 unspecified atom stereocenters. The van der Waals surface area contributed by atoms with E-state index in [2.05, 4.69) is 60.5 Å². The number of rotatable bonds is 6. The summed E-state index contributed by atoms with van der Waals surface area (Å²) in [6, 6.07) is 6.05. The normalized spacial score (nSPS) is 15.4. The van der Waals surface area contributed by atoms with Crippen molar-refractivity contribution in [1.29, 1.82) is 0 Å². The van der Waals surface area contributed by atoms with E-state index in [1.807, 2.05) is 11.0 Å². The van der Waals surface area contributed by atoms with Crippen molar-refractivity contribution >= 4 is 11.6 Å². The summed E-state index contributed by atoms with van der Waals surface area (Å²) in [7, 11) is 0. The van der Waals surface area contributed by atoms with Gasteiger partial charge in [0.15, 0.2) is 0 Å². The molecule has 1 aliphatic heterocycles. The molecule has 0 aromatic carbocycles.